The van der Waals surface area contributed by atoms with Crippen LogP contribution in [0.5, 0.6) is 5.75 Å². The minimum atomic E-state index is -0.243. The molecule has 0 atom stereocenters. The first-order chi connectivity index (χ1) is 17.0. The fraction of sp³-hybridized carbons (Fsp3) is 0.185. The number of hydrogen-bond donors (Lipinski definition) is 2. The molecular weight excluding hydrogens is 444 g/mol. The van der Waals surface area contributed by atoms with Crippen molar-refractivity contribution in [3.05, 3.63) is 89.8 Å². The van der Waals surface area contributed by atoms with Crippen molar-refractivity contribution in [2.45, 2.75) is 26.7 Å². The van der Waals surface area contributed by atoms with Crippen LogP contribution in [0.3, 0.4) is 0 Å². The number of rotatable bonds is 9. The van der Waals surface area contributed by atoms with E-state index in [4.69, 9.17) is 9.15 Å². The molecular formula is C27H26N4O4. The molecule has 0 bridgehead atoms. The highest BCUT2D eigenvalue weighted by molar-refractivity contribution is 6.04. The topological polar surface area (TPSA) is 106 Å². The average Bonchev–Trinajstić information content (AvgIpc) is 3.34. The molecule has 1 aromatic heterocycles. The van der Waals surface area contributed by atoms with Gasteiger partial charge in [-0.3, -0.25) is 9.59 Å². The van der Waals surface area contributed by atoms with Crippen molar-refractivity contribution in [3.63, 3.8) is 0 Å². The van der Waals surface area contributed by atoms with Crippen LogP contribution < -0.4 is 15.4 Å². The molecule has 0 saturated carbocycles. The second-order valence-corrected chi connectivity index (χ2v) is 7.90. The summed E-state index contributed by atoms with van der Waals surface area (Å²) in [7, 11) is 0. The van der Waals surface area contributed by atoms with Crippen molar-refractivity contribution in [1.82, 2.24) is 10.2 Å². The lowest BCUT2D eigenvalue weighted by atomic mass is 10.1. The van der Waals surface area contributed by atoms with Gasteiger partial charge in [-0.05, 0) is 74.5 Å². The van der Waals surface area contributed by atoms with Crippen LogP contribution in [-0.4, -0.2) is 28.6 Å². The van der Waals surface area contributed by atoms with E-state index >= 15 is 0 Å². The SMILES string of the molecule is CCOc1ccc(NC(=O)c2ccc(NC(=O)CCc3nnc(-c4ccc(C)cc4)o3)cc2)cc1. The molecule has 4 rings (SSSR count). The normalized spacial score (nSPS) is 10.6. The van der Waals surface area contributed by atoms with Gasteiger partial charge >= 0.3 is 0 Å². The molecule has 0 aliphatic carbocycles. The minimum absolute atomic E-state index is 0.188. The highest BCUT2D eigenvalue weighted by Gasteiger charge is 2.12. The Morgan fingerprint density at radius 2 is 1.51 bits per heavy atom. The maximum atomic E-state index is 12.5. The van der Waals surface area contributed by atoms with Gasteiger partial charge < -0.3 is 19.8 Å². The zero-order valence-corrected chi connectivity index (χ0v) is 19.6. The first kappa shape index (κ1) is 23.7. The van der Waals surface area contributed by atoms with Gasteiger partial charge in [0, 0.05) is 35.3 Å². The largest absolute Gasteiger partial charge is 0.494 e. The highest BCUT2D eigenvalue weighted by Crippen LogP contribution is 2.20. The lowest BCUT2D eigenvalue weighted by molar-refractivity contribution is -0.116. The maximum absolute atomic E-state index is 12.5. The molecule has 2 N–H and O–H groups in total. The molecule has 0 fully saturated rings. The number of aromatic nitrogens is 2. The Hall–Kier alpha value is -4.46. The number of hydrogen-bond acceptors (Lipinski definition) is 6. The van der Waals surface area contributed by atoms with Crippen LogP contribution >= 0.6 is 0 Å². The number of aryl methyl sites for hydroxylation is 2. The van der Waals surface area contributed by atoms with E-state index in [-0.39, 0.29) is 18.2 Å². The lowest BCUT2D eigenvalue weighted by Gasteiger charge is -2.08. The number of benzene rings is 3. The Bertz CT molecular complexity index is 1280. The molecule has 8 heteroatoms. The third-order valence-electron chi connectivity index (χ3n) is 5.19. The molecule has 0 spiro atoms. The predicted molar refractivity (Wildman–Crippen MR) is 133 cm³/mol. The Morgan fingerprint density at radius 3 is 2.20 bits per heavy atom. The minimum Gasteiger partial charge on any atom is -0.494 e. The van der Waals surface area contributed by atoms with Crippen LogP contribution in [-0.2, 0) is 11.2 Å². The van der Waals surface area contributed by atoms with Crippen molar-refractivity contribution < 1.29 is 18.7 Å². The summed E-state index contributed by atoms with van der Waals surface area (Å²) in [5.74, 6) is 1.15. The van der Waals surface area contributed by atoms with Crippen molar-refractivity contribution >= 4 is 23.2 Å². The summed E-state index contributed by atoms with van der Waals surface area (Å²) in [5, 5.41) is 13.7. The Balaban J connectivity index is 1.26. The van der Waals surface area contributed by atoms with E-state index in [0.29, 0.717) is 41.7 Å². The zero-order valence-electron chi connectivity index (χ0n) is 19.6. The van der Waals surface area contributed by atoms with Gasteiger partial charge in [0.2, 0.25) is 17.7 Å². The first-order valence-electron chi connectivity index (χ1n) is 11.3. The monoisotopic (exact) mass is 470 g/mol. The quantitative estimate of drug-likeness (QED) is 0.345. The van der Waals surface area contributed by atoms with Gasteiger partial charge in [-0.2, -0.15) is 0 Å². The van der Waals surface area contributed by atoms with Crippen molar-refractivity contribution in [2.24, 2.45) is 0 Å². The number of carbonyl (C=O) groups is 2. The second kappa shape index (κ2) is 11.1. The summed E-state index contributed by atoms with van der Waals surface area (Å²) in [6.45, 7) is 4.51. The van der Waals surface area contributed by atoms with E-state index in [0.717, 1.165) is 16.9 Å². The highest BCUT2D eigenvalue weighted by atomic mass is 16.5. The van der Waals surface area contributed by atoms with Gasteiger partial charge in [-0.25, -0.2) is 0 Å². The summed E-state index contributed by atoms with van der Waals surface area (Å²) < 4.78 is 11.1. The molecule has 0 aliphatic heterocycles. The van der Waals surface area contributed by atoms with Crippen molar-refractivity contribution in [1.29, 1.82) is 0 Å². The summed E-state index contributed by atoms with van der Waals surface area (Å²) in [6, 6.07) is 21.6. The van der Waals surface area contributed by atoms with E-state index < -0.39 is 0 Å². The predicted octanol–water partition coefficient (Wildman–Crippen LogP) is 5.27. The van der Waals surface area contributed by atoms with Crippen LogP contribution in [0.2, 0.25) is 0 Å². The van der Waals surface area contributed by atoms with E-state index in [1.165, 1.54) is 0 Å². The van der Waals surface area contributed by atoms with Gasteiger partial charge in [0.15, 0.2) is 0 Å². The van der Waals surface area contributed by atoms with E-state index in [1.54, 1.807) is 48.5 Å². The van der Waals surface area contributed by atoms with Crippen LogP contribution in [0.25, 0.3) is 11.5 Å². The zero-order chi connectivity index (χ0) is 24.6. The molecule has 3 aromatic carbocycles. The van der Waals surface area contributed by atoms with Gasteiger partial charge in [-0.15, -0.1) is 10.2 Å². The molecule has 2 amide bonds. The van der Waals surface area contributed by atoms with Gasteiger partial charge in [0.05, 0.1) is 6.61 Å². The van der Waals surface area contributed by atoms with E-state index in [2.05, 4.69) is 20.8 Å². The summed E-state index contributed by atoms with van der Waals surface area (Å²) in [5.41, 5.74) is 3.73. The molecule has 4 aromatic rings. The molecule has 0 radical (unpaired) electrons. The van der Waals surface area contributed by atoms with Crippen LogP contribution in [0.1, 0.15) is 35.2 Å². The molecule has 0 saturated heterocycles. The van der Waals surface area contributed by atoms with Gasteiger partial charge in [-0.1, -0.05) is 17.7 Å². The molecule has 0 unspecified atom stereocenters. The molecule has 1 heterocycles. The standard InChI is InChI=1S/C27H26N4O4/c1-3-34-23-14-12-22(13-15-23)29-26(33)19-8-10-21(11-9-19)28-24(32)16-17-25-30-31-27(35-25)20-6-4-18(2)5-7-20/h4-15H,3,16-17H2,1-2H3,(H,28,32)(H,29,33). The molecule has 178 valence electrons. The van der Waals surface area contributed by atoms with Crippen molar-refractivity contribution in [2.75, 3.05) is 17.2 Å². The lowest BCUT2D eigenvalue weighted by Crippen LogP contribution is -2.14. The molecule has 8 nitrogen and oxygen atoms in total. The van der Waals surface area contributed by atoms with E-state index in [1.807, 2.05) is 38.1 Å². The number of amides is 2. The maximum Gasteiger partial charge on any atom is 0.255 e. The number of ether oxygens (including phenoxy) is 1. The van der Waals surface area contributed by atoms with Gasteiger partial charge in [0.25, 0.3) is 5.91 Å². The average molecular weight is 471 g/mol. The van der Waals surface area contributed by atoms with Gasteiger partial charge in [0.1, 0.15) is 5.75 Å². The Labute approximate surface area is 203 Å². The van der Waals surface area contributed by atoms with Crippen molar-refractivity contribution in [3.8, 4) is 17.2 Å². The van der Waals surface area contributed by atoms with E-state index in [9.17, 15) is 9.59 Å². The van der Waals surface area contributed by atoms with Crippen LogP contribution in [0.4, 0.5) is 11.4 Å². The summed E-state index contributed by atoms with van der Waals surface area (Å²) in [6.07, 6.45) is 0.517. The Kier molecular flexibility index (Phi) is 7.52. The number of carbonyl (C=O) groups excluding carboxylic acids is 2. The summed E-state index contributed by atoms with van der Waals surface area (Å²) >= 11 is 0. The fourth-order valence-electron chi connectivity index (χ4n) is 3.32. The molecule has 35 heavy (non-hydrogen) atoms. The first-order valence-corrected chi connectivity index (χ1v) is 11.3. The third-order valence-corrected chi connectivity index (χ3v) is 5.19. The number of anilines is 2. The van der Waals surface area contributed by atoms with Crippen LogP contribution in [0.15, 0.2) is 77.2 Å². The third kappa shape index (κ3) is 6.54. The fourth-order valence-corrected chi connectivity index (χ4v) is 3.32. The number of nitrogens with one attached hydrogen (secondary N) is 2. The van der Waals surface area contributed by atoms with Crippen LogP contribution in [0, 0.1) is 6.92 Å². The summed E-state index contributed by atoms with van der Waals surface area (Å²) in [4.78, 5) is 24.8. The molecule has 0 aliphatic rings. The Morgan fingerprint density at radius 1 is 0.857 bits per heavy atom. The second-order valence-electron chi connectivity index (χ2n) is 7.90. The smallest absolute Gasteiger partial charge is 0.255 e. The number of nitrogens with zero attached hydrogens (tertiary/aromatic N) is 2.